The van der Waals surface area contributed by atoms with Gasteiger partial charge < -0.3 is 19.1 Å². The summed E-state index contributed by atoms with van der Waals surface area (Å²) in [5, 5.41) is 10.0. The molecule has 2 aromatic carbocycles. The van der Waals surface area contributed by atoms with Gasteiger partial charge in [0, 0.05) is 29.3 Å². The molecule has 0 saturated carbocycles. The Hall–Kier alpha value is -2.24. The van der Waals surface area contributed by atoms with Gasteiger partial charge in [-0.3, -0.25) is 0 Å². The van der Waals surface area contributed by atoms with Crippen molar-refractivity contribution in [3.05, 3.63) is 41.4 Å². The predicted octanol–water partition coefficient (Wildman–Crippen LogP) is 3.08. The van der Waals surface area contributed by atoms with E-state index in [2.05, 4.69) is 4.98 Å². The molecule has 0 atom stereocenters. The maximum atomic E-state index is 9.39. The lowest BCUT2D eigenvalue weighted by Gasteiger charge is -2.08. The van der Waals surface area contributed by atoms with E-state index in [-0.39, 0.29) is 13.4 Å². The van der Waals surface area contributed by atoms with Crippen LogP contribution in [0.3, 0.4) is 0 Å². The number of rotatable bonds is 3. The molecule has 0 amide bonds. The number of fused-ring (bicyclic) bond motifs is 2. The van der Waals surface area contributed by atoms with E-state index in [0.29, 0.717) is 23.1 Å². The lowest BCUT2D eigenvalue weighted by Crippen LogP contribution is -2.04. The van der Waals surface area contributed by atoms with Gasteiger partial charge in [-0.1, -0.05) is 23.7 Å². The minimum Gasteiger partial charge on any atom is -0.454 e. The van der Waals surface area contributed by atoms with Crippen molar-refractivity contribution in [2.75, 3.05) is 13.4 Å². The first-order chi connectivity index (χ1) is 10.8. The molecule has 112 valence electrons. The Kier molecular flexibility index (Phi) is 3.17. The average molecular weight is 317 g/mol. The lowest BCUT2D eigenvalue weighted by atomic mass is 10.2. The van der Waals surface area contributed by atoms with Crippen molar-refractivity contribution in [3.63, 3.8) is 0 Å². The van der Waals surface area contributed by atoms with E-state index in [1.54, 1.807) is 0 Å². The molecule has 1 aromatic heterocycles. The predicted molar refractivity (Wildman–Crippen MR) is 83.4 cm³/mol. The lowest BCUT2D eigenvalue weighted by molar-refractivity contribution is 0.174. The number of aliphatic hydroxyl groups excluding tert-OH is 1. The second-order valence-electron chi connectivity index (χ2n) is 5.02. The Balaban J connectivity index is 1.96. The molecule has 0 saturated heterocycles. The Morgan fingerprint density at radius 3 is 2.77 bits per heavy atom. The van der Waals surface area contributed by atoms with E-state index < -0.39 is 0 Å². The summed E-state index contributed by atoms with van der Waals surface area (Å²) in [5.74, 6) is 2.15. The second kappa shape index (κ2) is 5.19. The number of halogens is 1. The Morgan fingerprint density at radius 2 is 2.00 bits per heavy atom. The molecule has 22 heavy (non-hydrogen) atoms. The summed E-state index contributed by atoms with van der Waals surface area (Å²) in [4.78, 5) is 4.68. The zero-order chi connectivity index (χ0) is 15.1. The first kappa shape index (κ1) is 13.4. The molecule has 1 aliphatic heterocycles. The van der Waals surface area contributed by atoms with Gasteiger partial charge in [0.25, 0.3) is 0 Å². The van der Waals surface area contributed by atoms with Crippen molar-refractivity contribution < 1.29 is 14.6 Å². The maximum absolute atomic E-state index is 9.39. The van der Waals surface area contributed by atoms with Crippen LogP contribution in [0.1, 0.15) is 0 Å². The fraction of sp³-hybridized carbons (Fsp3) is 0.188. The van der Waals surface area contributed by atoms with Crippen LogP contribution in [-0.4, -0.2) is 28.1 Å². The van der Waals surface area contributed by atoms with Gasteiger partial charge in [-0.2, -0.15) is 0 Å². The van der Waals surface area contributed by atoms with Crippen LogP contribution in [-0.2, 0) is 6.54 Å². The third kappa shape index (κ3) is 2.10. The summed E-state index contributed by atoms with van der Waals surface area (Å²) >= 11 is 6.08. The van der Waals surface area contributed by atoms with Crippen molar-refractivity contribution >= 4 is 22.6 Å². The van der Waals surface area contributed by atoms with Gasteiger partial charge in [0.1, 0.15) is 5.82 Å². The quantitative estimate of drug-likeness (QED) is 0.807. The van der Waals surface area contributed by atoms with Crippen molar-refractivity contribution in [3.8, 4) is 22.9 Å². The monoisotopic (exact) mass is 316 g/mol. The summed E-state index contributed by atoms with van der Waals surface area (Å²) in [6.07, 6.45) is 0. The molecule has 4 rings (SSSR count). The Labute approximate surface area is 131 Å². The van der Waals surface area contributed by atoms with Crippen LogP contribution in [0.2, 0.25) is 5.02 Å². The van der Waals surface area contributed by atoms with E-state index in [1.165, 1.54) is 0 Å². The van der Waals surface area contributed by atoms with E-state index >= 15 is 0 Å². The van der Waals surface area contributed by atoms with Crippen LogP contribution in [0.25, 0.3) is 22.4 Å². The number of hydrogen-bond donors (Lipinski definition) is 1. The standard InChI is InChI=1S/C16H13ClN2O3/c17-11-3-1-2-10(6-11)16-18-12-7-14-15(22-9-21-14)8-13(12)19(16)4-5-20/h1-3,6-8,20H,4-5,9H2. The van der Waals surface area contributed by atoms with Gasteiger partial charge in [0.2, 0.25) is 6.79 Å². The number of ether oxygens (including phenoxy) is 2. The smallest absolute Gasteiger partial charge is 0.231 e. The highest BCUT2D eigenvalue weighted by molar-refractivity contribution is 6.30. The molecule has 6 heteroatoms. The van der Waals surface area contributed by atoms with Crippen LogP contribution in [0.15, 0.2) is 36.4 Å². The molecule has 1 N–H and O–H groups in total. The van der Waals surface area contributed by atoms with Gasteiger partial charge in [-0.25, -0.2) is 4.98 Å². The van der Waals surface area contributed by atoms with E-state index in [0.717, 1.165) is 22.4 Å². The van der Waals surface area contributed by atoms with E-state index in [1.807, 2.05) is 41.0 Å². The molecular formula is C16H13ClN2O3. The molecule has 0 aliphatic carbocycles. The molecule has 5 nitrogen and oxygen atoms in total. The average Bonchev–Trinajstić information content (AvgIpc) is 3.10. The summed E-state index contributed by atoms with van der Waals surface area (Å²) in [6.45, 7) is 0.689. The molecular weight excluding hydrogens is 304 g/mol. The van der Waals surface area contributed by atoms with E-state index in [9.17, 15) is 5.11 Å². The molecule has 0 unspecified atom stereocenters. The molecule has 0 spiro atoms. The first-order valence-electron chi connectivity index (χ1n) is 6.93. The van der Waals surface area contributed by atoms with Gasteiger partial charge in [0.15, 0.2) is 11.5 Å². The molecule has 0 bridgehead atoms. The topological polar surface area (TPSA) is 56.5 Å². The maximum Gasteiger partial charge on any atom is 0.231 e. The highest BCUT2D eigenvalue weighted by Gasteiger charge is 2.19. The van der Waals surface area contributed by atoms with E-state index in [4.69, 9.17) is 21.1 Å². The second-order valence-corrected chi connectivity index (χ2v) is 5.45. The van der Waals surface area contributed by atoms with Crippen molar-refractivity contribution in [2.45, 2.75) is 6.54 Å². The fourth-order valence-electron chi connectivity index (χ4n) is 2.69. The SMILES string of the molecule is OCCn1c(-c2cccc(Cl)c2)nc2cc3c(cc21)OCO3. The van der Waals surface area contributed by atoms with Crippen LogP contribution < -0.4 is 9.47 Å². The third-order valence-corrected chi connectivity index (χ3v) is 3.88. The van der Waals surface area contributed by atoms with Gasteiger partial charge in [-0.05, 0) is 12.1 Å². The molecule has 1 aliphatic rings. The number of imidazole rings is 1. The highest BCUT2D eigenvalue weighted by atomic mass is 35.5. The minimum atomic E-state index is 0.0213. The number of nitrogens with zero attached hydrogens (tertiary/aromatic N) is 2. The number of hydrogen-bond acceptors (Lipinski definition) is 4. The third-order valence-electron chi connectivity index (χ3n) is 3.65. The largest absolute Gasteiger partial charge is 0.454 e. The normalized spacial score (nSPS) is 13.0. The molecule has 2 heterocycles. The summed E-state index contributed by atoms with van der Waals surface area (Å²) < 4.78 is 12.8. The van der Waals surface area contributed by atoms with Crippen molar-refractivity contribution in [1.29, 1.82) is 0 Å². The van der Waals surface area contributed by atoms with Crippen molar-refractivity contribution in [2.24, 2.45) is 0 Å². The van der Waals surface area contributed by atoms with Crippen LogP contribution in [0.4, 0.5) is 0 Å². The molecule has 0 radical (unpaired) electrons. The fourth-order valence-corrected chi connectivity index (χ4v) is 2.88. The zero-order valence-corrected chi connectivity index (χ0v) is 12.4. The van der Waals surface area contributed by atoms with Gasteiger partial charge in [-0.15, -0.1) is 0 Å². The summed E-state index contributed by atoms with van der Waals surface area (Å²) in [5.41, 5.74) is 2.60. The highest BCUT2D eigenvalue weighted by Crippen LogP contribution is 2.37. The number of benzene rings is 2. The van der Waals surface area contributed by atoms with Crippen LogP contribution in [0.5, 0.6) is 11.5 Å². The van der Waals surface area contributed by atoms with Crippen molar-refractivity contribution in [1.82, 2.24) is 9.55 Å². The number of aromatic nitrogens is 2. The molecule has 3 aromatic rings. The minimum absolute atomic E-state index is 0.0213. The Morgan fingerprint density at radius 1 is 1.18 bits per heavy atom. The summed E-state index contributed by atoms with van der Waals surface area (Å²) in [6, 6.07) is 11.3. The summed E-state index contributed by atoms with van der Waals surface area (Å²) in [7, 11) is 0. The van der Waals surface area contributed by atoms with Crippen LogP contribution in [0, 0.1) is 0 Å². The number of aliphatic hydroxyl groups is 1. The van der Waals surface area contributed by atoms with Gasteiger partial charge >= 0.3 is 0 Å². The first-order valence-corrected chi connectivity index (χ1v) is 7.31. The zero-order valence-electron chi connectivity index (χ0n) is 11.6. The Bertz CT molecular complexity index is 860. The molecule has 0 fully saturated rings. The van der Waals surface area contributed by atoms with Crippen LogP contribution >= 0.6 is 11.6 Å². The van der Waals surface area contributed by atoms with Gasteiger partial charge in [0.05, 0.1) is 17.6 Å².